The molecular weight excluding hydrogens is 200 g/mol. The predicted octanol–water partition coefficient (Wildman–Crippen LogP) is 1.81. The van der Waals surface area contributed by atoms with Crippen LogP contribution in [0.2, 0.25) is 5.02 Å². The summed E-state index contributed by atoms with van der Waals surface area (Å²) in [5, 5.41) is 4.62. The number of nitrogen functional groups attached to an aromatic ring is 1. The summed E-state index contributed by atoms with van der Waals surface area (Å²) in [6.45, 7) is 1.85. The minimum atomic E-state index is 0.585. The van der Waals surface area contributed by atoms with Gasteiger partial charge in [-0.2, -0.15) is 5.10 Å². The van der Waals surface area contributed by atoms with Crippen LogP contribution in [0.5, 0.6) is 0 Å². The third-order valence-electron chi connectivity index (χ3n) is 1.90. The fourth-order valence-electron chi connectivity index (χ4n) is 1.11. The maximum Gasteiger partial charge on any atom is 0.153 e. The monoisotopic (exact) mass is 208 g/mol. The molecule has 0 unspecified atom stereocenters. The van der Waals surface area contributed by atoms with E-state index in [2.05, 4.69) is 10.1 Å². The van der Waals surface area contributed by atoms with Gasteiger partial charge in [-0.05, 0) is 19.1 Å². The number of rotatable bonds is 1. The molecule has 14 heavy (non-hydrogen) atoms. The van der Waals surface area contributed by atoms with E-state index in [0.29, 0.717) is 16.5 Å². The number of aryl methyl sites for hydroxylation is 1. The SMILES string of the molecule is Cc1nc(-n2cc(Cl)cn2)ccc1N. The number of anilines is 1. The quantitative estimate of drug-likeness (QED) is 0.778. The van der Waals surface area contributed by atoms with Crippen LogP contribution in [0, 0.1) is 6.92 Å². The van der Waals surface area contributed by atoms with Gasteiger partial charge in [-0.3, -0.25) is 0 Å². The number of nitrogens with zero attached hydrogens (tertiary/aromatic N) is 3. The van der Waals surface area contributed by atoms with Crippen molar-refractivity contribution in [3.05, 3.63) is 35.2 Å². The van der Waals surface area contributed by atoms with Gasteiger partial charge in [0.25, 0.3) is 0 Å². The van der Waals surface area contributed by atoms with Crippen LogP contribution >= 0.6 is 11.6 Å². The normalized spacial score (nSPS) is 10.4. The summed E-state index contributed by atoms with van der Waals surface area (Å²) in [6, 6.07) is 3.60. The molecule has 72 valence electrons. The van der Waals surface area contributed by atoms with Crippen LogP contribution in [0.3, 0.4) is 0 Å². The molecule has 0 saturated carbocycles. The highest BCUT2D eigenvalue weighted by Gasteiger charge is 2.02. The standard InChI is InChI=1S/C9H9ClN4/c1-6-8(11)2-3-9(13-6)14-5-7(10)4-12-14/h2-5H,11H2,1H3. The van der Waals surface area contributed by atoms with Crippen molar-refractivity contribution < 1.29 is 0 Å². The van der Waals surface area contributed by atoms with Crippen LogP contribution in [0.4, 0.5) is 5.69 Å². The first-order chi connectivity index (χ1) is 6.66. The average molecular weight is 209 g/mol. The molecule has 0 radical (unpaired) electrons. The molecule has 0 saturated heterocycles. The molecule has 5 heteroatoms. The Kier molecular flexibility index (Phi) is 2.13. The van der Waals surface area contributed by atoms with Gasteiger partial charge in [0.2, 0.25) is 0 Å². The van der Waals surface area contributed by atoms with Gasteiger partial charge in [0, 0.05) is 0 Å². The predicted molar refractivity (Wildman–Crippen MR) is 55.5 cm³/mol. The summed E-state index contributed by atoms with van der Waals surface area (Å²) < 4.78 is 1.61. The Labute approximate surface area is 86.3 Å². The molecule has 0 amide bonds. The maximum absolute atomic E-state index is 5.75. The molecule has 2 aromatic heterocycles. The first kappa shape index (κ1) is 9.02. The molecule has 4 nitrogen and oxygen atoms in total. The summed E-state index contributed by atoms with van der Waals surface area (Å²) >= 11 is 5.75. The molecule has 0 aliphatic carbocycles. The zero-order chi connectivity index (χ0) is 10.1. The van der Waals surface area contributed by atoms with E-state index < -0.39 is 0 Å². The van der Waals surface area contributed by atoms with Crippen LogP contribution in [0.15, 0.2) is 24.5 Å². The Balaban J connectivity index is 2.47. The van der Waals surface area contributed by atoms with Crippen molar-refractivity contribution in [1.29, 1.82) is 0 Å². The van der Waals surface area contributed by atoms with E-state index in [0.717, 1.165) is 5.69 Å². The second kappa shape index (κ2) is 3.31. The van der Waals surface area contributed by atoms with Gasteiger partial charge in [0.15, 0.2) is 5.82 Å². The molecular formula is C9H9ClN4. The summed E-state index contributed by atoms with van der Waals surface area (Å²) in [7, 11) is 0. The smallest absolute Gasteiger partial charge is 0.153 e. The molecule has 0 aliphatic heterocycles. The van der Waals surface area contributed by atoms with Crippen molar-refractivity contribution >= 4 is 17.3 Å². The molecule has 2 N–H and O–H groups in total. The lowest BCUT2D eigenvalue weighted by Gasteiger charge is -2.03. The largest absolute Gasteiger partial charge is 0.397 e. The van der Waals surface area contributed by atoms with E-state index in [1.807, 2.05) is 6.92 Å². The van der Waals surface area contributed by atoms with Gasteiger partial charge < -0.3 is 5.73 Å². The number of nitrogens with two attached hydrogens (primary N) is 1. The first-order valence-corrected chi connectivity index (χ1v) is 4.48. The van der Waals surface area contributed by atoms with E-state index in [4.69, 9.17) is 17.3 Å². The van der Waals surface area contributed by atoms with E-state index >= 15 is 0 Å². The Morgan fingerprint density at radius 1 is 1.43 bits per heavy atom. The van der Waals surface area contributed by atoms with E-state index in [-0.39, 0.29) is 0 Å². The second-order valence-electron chi connectivity index (χ2n) is 2.95. The minimum Gasteiger partial charge on any atom is -0.397 e. The van der Waals surface area contributed by atoms with E-state index in [1.54, 1.807) is 29.2 Å². The van der Waals surface area contributed by atoms with Gasteiger partial charge in [0.05, 0.1) is 28.8 Å². The van der Waals surface area contributed by atoms with Crippen LogP contribution in [0.25, 0.3) is 5.82 Å². The van der Waals surface area contributed by atoms with Crippen molar-refractivity contribution in [3.63, 3.8) is 0 Å². The zero-order valence-corrected chi connectivity index (χ0v) is 8.36. The molecule has 0 atom stereocenters. The van der Waals surface area contributed by atoms with Gasteiger partial charge in [-0.25, -0.2) is 9.67 Å². The number of hydrogen-bond donors (Lipinski definition) is 1. The summed E-state index contributed by atoms with van der Waals surface area (Å²) in [5.74, 6) is 0.712. The minimum absolute atomic E-state index is 0.585. The van der Waals surface area contributed by atoms with Crippen molar-refractivity contribution in [2.24, 2.45) is 0 Å². The van der Waals surface area contributed by atoms with E-state index in [1.165, 1.54) is 0 Å². The fraction of sp³-hybridized carbons (Fsp3) is 0.111. The van der Waals surface area contributed by atoms with Crippen molar-refractivity contribution in [2.75, 3.05) is 5.73 Å². The molecule has 0 spiro atoms. The third-order valence-corrected chi connectivity index (χ3v) is 2.09. The lowest BCUT2D eigenvalue weighted by atomic mass is 10.3. The van der Waals surface area contributed by atoms with Crippen LogP contribution in [-0.2, 0) is 0 Å². The number of aromatic nitrogens is 3. The van der Waals surface area contributed by atoms with Gasteiger partial charge in [0.1, 0.15) is 0 Å². The highest BCUT2D eigenvalue weighted by Crippen LogP contribution is 2.13. The maximum atomic E-state index is 5.75. The lowest BCUT2D eigenvalue weighted by molar-refractivity contribution is 0.841. The van der Waals surface area contributed by atoms with Crippen molar-refractivity contribution in [1.82, 2.24) is 14.8 Å². The molecule has 2 aromatic rings. The highest BCUT2D eigenvalue weighted by atomic mass is 35.5. The first-order valence-electron chi connectivity index (χ1n) is 4.10. The Morgan fingerprint density at radius 2 is 2.21 bits per heavy atom. The van der Waals surface area contributed by atoms with Crippen LogP contribution < -0.4 is 5.73 Å². The molecule has 0 fully saturated rings. The summed E-state index contributed by atoms with van der Waals surface area (Å²) in [4.78, 5) is 4.27. The molecule has 0 bridgehead atoms. The van der Waals surface area contributed by atoms with E-state index in [9.17, 15) is 0 Å². The Morgan fingerprint density at radius 3 is 2.79 bits per heavy atom. The highest BCUT2D eigenvalue weighted by molar-refractivity contribution is 6.30. The third kappa shape index (κ3) is 1.56. The second-order valence-corrected chi connectivity index (χ2v) is 3.38. The van der Waals surface area contributed by atoms with Crippen LogP contribution in [0.1, 0.15) is 5.69 Å². The number of halogens is 1. The molecule has 2 rings (SSSR count). The van der Waals surface area contributed by atoms with Crippen molar-refractivity contribution in [3.8, 4) is 5.82 Å². The lowest BCUT2D eigenvalue weighted by Crippen LogP contribution is -2.01. The summed E-state index contributed by atoms with van der Waals surface area (Å²) in [6.07, 6.45) is 3.26. The molecule has 0 aromatic carbocycles. The van der Waals surface area contributed by atoms with Gasteiger partial charge >= 0.3 is 0 Å². The Bertz CT molecular complexity index is 464. The Hall–Kier alpha value is -1.55. The number of pyridine rings is 1. The fourth-order valence-corrected chi connectivity index (χ4v) is 1.25. The van der Waals surface area contributed by atoms with Crippen LogP contribution in [-0.4, -0.2) is 14.8 Å². The number of hydrogen-bond acceptors (Lipinski definition) is 3. The average Bonchev–Trinajstić information content (AvgIpc) is 2.57. The van der Waals surface area contributed by atoms with Gasteiger partial charge in [-0.1, -0.05) is 11.6 Å². The molecule has 0 aliphatic rings. The molecule has 2 heterocycles. The zero-order valence-electron chi connectivity index (χ0n) is 7.61. The van der Waals surface area contributed by atoms with Gasteiger partial charge in [-0.15, -0.1) is 0 Å². The topological polar surface area (TPSA) is 56.7 Å². The van der Waals surface area contributed by atoms with Crippen molar-refractivity contribution in [2.45, 2.75) is 6.92 Å². The summed E-state index contributed by atoms with van der Waals surface area (Å²) in [5.41, 5.74) is 7.11.